The minimum Gasteiger partial charge on any atom is -0.497 e. The highest BCUT2D eigenvalue weighted by Gasteiger charge is 2.15. The molecule has 0 radical (unpaired) electrons. The van der Waals surface area contributed by atoms with Gasteiger partial charge >= 0.3 is 0 Å². The second-order valence-corrected chi connectivity index (χ2v) is 5.44. The first-order valence-electron chi connectivity index (χ1n) is 6.63. The molecule has 8 heteroatoms. The minimum absolute atomic E-state index is 0.0984. The second-order valence-electron chi connectivity index (χ2n) is 4.48. The highest BCUT2D eigenvalue weighted by atomic mass is 32.2. The Labute approximate surface area is 132 Å². The summed E-state index contributed by atoms with van der Waals surface area (Å²) in [6, 6.07) is 5.29. The van der Waals surface area contributed by atoms with Crippen molar-refractivity contribution in [2.45, 2.75) is 18.1 Å². The maximum Gasteiger partial charge on any atom is 0.230 e. The van der Waals surface area contributed by atoms with Crippen LogP contribution in [0.25, 0.3) is 0 Å². The molecule has 1 atom stereocenters. The van der Waals surface area contributed by atoms with Gasteiger partial charge in [0, 0.05) is 5.56 Å². The van der Waals surface area contributed by atoms with Gasteiger partial charge in [0.2, 0.25) is 5.91 Å². The van der Waals surface area contributed by atoms with E-state index in [2.05, 4.69) is 20.5 Å². The third kappa shape index (κ3) is 4.14. The summed E-state index contributed by atoms with van der Waals surface area (Å²) in [7, 11) is 3.20. The van der Waals surface area contributed by atoms with Gasteiger partial charge in [-0.3, -0.25) is 9.89 Å². The Kier molecular flexibility index (Phi) is 5.65. The van der Waals surface area contributed by atoms with Crippen LogP contribution in [0, 0.1) is 0 Å². The van der Waals surface area contributed by atoms with Crippen LogP contribution in [0.1, 0.15) is 18.5 Å². The van der Waals surface area contributed by atoms with Crippen LogP contribution < -0.4 is 14.8 Å². The lowest BCUT2D eigenvalue weighted by Gasteiger charge is -2.18. The van der Waals surface area contributed by atoms with Crippen molar-refractivity contribution in [2.24, 2.45) is 0 Å². The number of aromatic nitrogens is 3. The molecule has 7 nitrogen and oxygen atoms in total. The molecule has 0 spiro atoms. The number of nitrogens with zero attached hydrogens (tertiary/aromatic N) is 2. The number of hydrogen-bond donors (Lipinski definition) is 2. The summed E-state index contributed by atoms with van der Waals surface area (Å²) in [5, 5.41) is 9.97. The number of nitrogens with one attached hydrogen (secondary N) is 2. The van der Waals surface area contributed by atoms with E-state index in [1.165, 1.54) is 18.1 Å². The smallest absolute Gasteiger partial charge is 0.230 e. The van der Waals surface area contributed by atoms with Crippen LogP contribution in [0.5, 0.6) is 11.5 Å². The van der Waals surface area contributed by atoms with Crippen molar-refractivity contribution in [1.82, 2.24) is 20.5 Å². The van der Waals surface area contributed by atoms with Gasteiger partial charge in [0.1, 0.15) is 17.8 Å². The van der Waals surface area contributed by atoms with E-state index in [4.69, 9.17) is 9.47 Å². The fourth-order valence-corrected chi connectivity index (χ4v) is 2.53. The molecule has 1 aromatic heterocycles. The van der Waals surface area contributed by atoms with Crippen LogP contribution in [0.2, 0.25) is 0 Å². The number of ether oxygens (including phenoxy) is 2. The van der Waals surface area contributed by atoms with Crippen LogP contribution in [-0.4, -0.2) is 41.1 Å². The Morgan fingerprint density at radius 2 is 2.23 bits per heavy atom. The lowest BCUT2D eigenvalue weighted by atomic mass is 10.1. The lowest BCUT2D eigenvalue weighted by Crippen LogP contribution is -2.28. The monoisotopic (exact) mass is 322 g/mol. The number of thioether (sulfide) groups is 1. The fourth-order valence-electron chi connectivity index (χ4n) is 1.94. The van der Waals surface area contributed by atoms with E-state index in [1.54, 1.807) is 14.2 Å². The number of aromatic amines is 1. The Hall–Kier alpha value is -2.22. The predicted octanol–water partition coefficient (Wildman–Crippen LogP) is 1.79. The molecule has 0 unspecified atom stereocenters. The third-order valence-corrected chi connectivity index (χ3v) is 3.89. The molecule has 0 saturated carbocycles. The van der Waals surface area contributed by atoms with Crippen LogP contribution in [0.3, 0.4) is 0 Å². The van der Waals surface area contributed by atoms with Gasteiger partial charge in [-0.25, -0.2) is 4.98 Å². The van der Waals surface area contributed by atoms with E-state index in [0.717, 1.165) is 5.56 Å². The summed E-state index contributed by atoms with van der Waals surface area (Å²) in [5.41, 5.74) is 0.861. The number of amides is 1. The largest absolute Gasteiger partial charge is 0.497 e. The highest BCUT2D eigenvalue weighted by Crippen LogP contribution is 2.29. The summed E-state index contributed by atoms with van der Waals surface area (Å²) in [6.07, 6.45) is 1.41. The molecular weight excluding hydrogens is 304 g/mol. The zero-order valence-corrected chi connectivity index (χ0v) is 13.4. The van der Waals surface area contributed by atoms with Crippen molar-refractivity contribution >= 4 is 17.7 Å². The first kappa shape index (κ1) is 16.2. The van der Waals surface area contributed by atoms with Crippen molar-refractivity contribution in [3.05, 3.63) is 30.1 Å². The molecule has 118 valence electrons. The molecule has 1 amide bonds. The van der Waals surface area contributed by atoms with Gasteiger partial charge < -0.3 is 14.8 Å². The van der Waals surface area contributed by atoms with Crippen molar-refractivity contribution in [1.29, 1.82) is 0 Å². The van der Waals surface area contributed by atoms with Crippen LogP contribution >= 0.6 is 11.8 Å². The van der Waals surface area contributed by atoms with E-state index in [-0.39, 0.29) is 17.7 Å². The van der Waals surface area contributed by atoms with Gasteiger partial charge in [-0.15, -0.1) is 0 Å². The lowest BCUT2D eigenvalue weighted by molar-refractivity contribution is -0.119. The van der Waals surface area contributed by atoms with Gasteiger partial charge in [-0.1, -0.05) is 11.8 Å². The molecule has 0 saturated heterocycles. The standard InChI is InChI=1S/C14H18N4O3S/c1-9(11-6-10(20-2)4-5-12(11)21-3)17-13(19)7-22-14-15-8-16-18-14/h4-6,8-9H,7H2,1-3H3,(H,17,19)(H,15,16,18)/t9-/m0/s1. The summed E-state index contributed by atoms with van der Waals surface area (Å²) < 4.78 is 10.5. The maximum absolute atomic E-state index is 12.0. The van der Waals surface area contributed by atoms with Crippen molar-refractivity contribution in [2.75, 3.05) is 20.0 Å². The van der Waals surface area contributed by atoms with Crippen LogP contribution in [0.4, 0.5) is 0 Å². The molecule has 1 aromatic carbocycles. The quantitative estimate of drug-likeness (QED) is 0.756. The van der Waals surface area contributed by atoms with E-state index in [0.29, 0.717) is 16.7 Å². The topological polar surface area (TPSA) is 89.1 Å². The fraction of sp³-hybridized carbons (Fsp3) is 0.357. The van der Waals surface area contributed by atoms with Crippen molar-refractivity contribution < 1.29 is 14.3 Å². The number of carbonyl (C=O) groups excluding carboxylic acids is 1. The Bertz CT molecular complexity index is 619. The molecule has 0 bridgehead atoms. The number of H-pyrrole nitrogens is 1. The van der Waals surface area contributed by atoms with Crippen LogP contribution in [-0.2, 0) is 4.79 Å². The SMILES string of the molecule is COc1ccc(OC)c([C@H](C)NC(=O)CSc2ncn[nH]2)c1. The molecule has 0 aliphatic heterocycles. The number of hydrogen-bond acceptors (Lipinski definition) is 6. The Morgan fingerprint density at radius 3 is 2.86 bits per heavy atom. The number of rotatable bonds is 7. The number of benzene rings is 1. The molecule has 22 heavy (non-hydrogen) atoms. The summed E-state index contributed by atoms with van der Waals surface area (Å²) in [5.74, 6) is 1.58. The number of methoxy groups -OCH3 is 2. The van der Waals surface area contributed by atoms with Gasteiger partial charge in [0.05, 0.1) is 26.0 Å². The summed E-state index contributed by atoms with van der Waals surface area (Å²) >= 11 is 1.29. The normalized spacial score (nSPS) is 11.8. The minimum atomic E-state index is -0.201. The van der Waals surface area contributed by atoms with Crippen molar-refractivity contribution in [3.63, 3.8) is 0 Å². The zero-order chi connectivity index (χ0) is 15.9. The third-order valence-electron chi connectivity index (χ3n) is 3.01. The molecule has 2 rings (SSSR count). The summed E-state index contributed by atoms with van der Waals surface area (Å²) in [4.78, 5) is 16.0. The average molecular weight is 322 g/mol. The molecule has 0 aliphatic rings. The first-order chi connectivity index (χ1) is 10.6. The average Bonchev–Trinajstić information content (AvgIpc) is 3.05. The maximum atomic E-state index is 12.0. The molecule has 0 aliphatic carbocycles. The van der Waals surface area contributed by atoms with E-state index in [1.807, 2.05) is 25.1 Å². The van der Waals surface area contributed by atoms with Gasteiger partial charge in [-0.05, 0) is 25.1 Å². The molecule has 0 fully saturated rings. The molecular formula is C14H18N4O3S. The van der Waals surface area contributed by atoms with Gasteiger partial charge in [-0.2, -0.15) is 5.10 Å². The van der Waals surface area contributed by atoms with E-state index in [9.17, 15) is 4.79 Å². The predicted molar refractivity (Wildman–Crippen MR) is 83.2 cm³/mol. The second kappa shape index (κ2) is 7.69. The Balaban J connectivity index is 1.98. The van der Waals surface area contributed by atoms with E-state index >= 15 is 0 Å². The van der Waals surface area contributed by atoms with Gasteiger partial charge in [0.15, 0.2) is 5.16 Å². The Morgan fingerprint density at radius 1 is 1.41 bits per heavy atom. The first-order valence-corrected chi connectivity index (χ1v) is 7.62. The summed E-state index contributed by atoms with van der Waals surface area (Å²) in [6.45, 7) is 1.90. The highest BCUT2D eigenvalue weighted by molar-refractivity contribution is 7.99. The van der Waals surface area contributed by atoms with Crippen molar-refractivity contribution in [3.8, 4) is 11.5 Å². The molecule has 2 aromatic rings. The molecule has 1 heterocycles. The van der Waals surface area contributed by atoms with Crippen LogP contribution in [0.15, 0.2) is 29.7 Å². The number of carbonyl (C=O) groups is 1. The van der Waals surface area contributed by atoms with E-state index < -0.39 is 0 Å². The van der Waals surface area contributed by atoms with Gasteiger partial charge in [0.25, 0.3) is 0 Å². The zero-order valence-electron chi connectivity index (χ0n) is 12.6. The molecule has 2 N–H and O–H groups in total.